The molecule has 2 aromatic carbocycles. The zero-order chi connectivity index (χ0) is 20.5. The van der Waals surface area contributed by atoms with E-state index in [2.05, 4.69) is 10.1 Å². The number of halogens is 1. The Labute approximate surface area is 167 Å². The molecule has 1 amide bonds. The van der Waals surface area contributed by atoms with Gasteiger partial charge in [-0.15, -0.1) is 0 Å². The molecular formula is C21H20FN3O4. The number of anilines is 1. The van der Waals surface area contributed by atoms with Gasteiger partial charge in [0.05, 0.1) is 20.1 Å². The van der Waals surface area contributed by atoms with Crippen LogP contribution in [0.15, 0.2) is 40.9 Å². The van der Waals surface area contributed by atoms with Crippen molar-refractivity contribution in [2.24, 2.45) is 0 Å². The van der Waals surface area contributed by atoms with Crippen molar-refractivity contribution in [3.05, 3.63) is 53.7 Å². The van der Waals surface area contributed by atoms with Crippen LogP contribution in [0.5, 0.6) is 11.5 Å². The molecule has 1 aromatic heterocycles. The second-order valence-electron chi connectivity index (χ2n) is 6.85. The van der Waals surface area contributed by atoms with Crippen LogP contribution in [0.3, 0.4) is 0 Å². The summed E-state index contributed by atoms with van der Waals surface area (Å²) in [4.78, 5) is 18.6. The Morgan fingerprint density at radius 3 is 2.59 bits per heavy atom. The highest BCUT2D eigenvalue weighted by Gasteiger charge is 2.36. The summed E-state index contributed by atoms with van der Waals surface area (Å²) in [5.74, 6) is 1.25. The van der Waals surface area contributed by atoms with E-state index in [1.165, 1.54) is 6.07 Å². The van der Waals surface area contributed by atoms with Gasteiger partial charge in [0.15, 0.2) is 0 Å². The highest BCUT2D eigenvalue weighted by molar-refractivity contribution is 5.97. The first-order valence-corrected chi connectivity index (χ1v) is 9.12. The van der Waals surface area contributed by atoms with Gasteiger partial charge >= 0.3 is 0 Å². The highest BCUT2D eigenvalue weighted by atomic mass is 19.1. The number of methoxy groups -OCH3 is 2. The first-order chi connectivity index (χ1) is 14.0. The summed E-state index contributed by atoms with van der Waals surface area (Å²) in [6, 6.07) is 10.0. The SMILES string of the molecule is COc1cc(OC)cc(-c2noc(C3CC(=O)N(c4cccc(F)c4C)C3)n2)c1. The van der Waals surface area contributed by atoms with Gasteiger partial charge in [-0.25, -0.2) is 4.39 Å². The number of nitrogens with zero attached hydrogens (tertiary/aromatic N) is 3. The van der Waals surface area contributed by atoms with Crippen molar-refractivity contribution in [1.82, 2.24) is 10.1 Å². The van der Waals surface area contributed by atoms with Crippen molar-refractivity contribution in [1.29, 1.82) is 0 Å². The monoisotopic (exact) mass is 397 g/mol. The number of benzene rings is 2. The molecule has 8 heteroatoms. The molecule has 0 spiro atoms. The molecule has 1 saturated heterocycles. The maximum Gasteiger partial charge on any atom is 0.232 e. The van der Waals surface area contributed by atoms with Gasteiger partial charge in [-0.05, 0) is 31.2 Å². The van der Waals surface area contributed by atoms with Crippen molar-refractivity contribution in [3.8, 4) is 22.9 Å². The largest absolute Gasteiger partial charge is 0.497 e. The lowest BCUT2D eigenvalue weighted by molar-refractivity contribution is -0.117. The van der Waals surface area contributed by atoms with E-state index in [1.807, 2.05) is 0 Å². The van der Waals surface area contributed by atoms with Crippen molar-refractivity contribution in [3.63, 3.8) is 0 Å². The fraction of sp³-hybridized carbons (Fsp3) is 0.286. The molecule has 1 unspecified atom stereocenters. The smallest absolute Gasteiger partial charge is 0.232 e. The molecule has 2 heterocycles. The second-order valence-corrected chi connectivity index (χ2v) is 6.85. The van der Waals surface area contributed by atoms with E-state index in [1.54, 1.807) is 56.4 Å². The molecule has 0 aliphatic carbocycles. The average Bonchev–Trinajstić information content (AvgIpc) is 3.36. The summed E-state index contributed by atoms with van der Waals surface area (Å²) in [5, 5.41) is 4.05. The second kappa shape index (κ2) is 7.54. The molecule has 1 fully saturated rings. The summed E-state index contributed by atoms with van der Waals surface area (Å²) in [5.41, 5.74) is 1.68. The number of amides is 1. The van der Waals surface area contributed by atoms with Gasteiger partial charge in [0.25, 0.3) is 0 Å². The van der Waals surface area contributed by atoms with Gasteiger partial charge in [-0.1, -0.05) is 11.2 Å². The van der Waals surface area contributed by atoms with Crippen molar-refractivity contribution < 1.29 is 23.2 Å². The lowest BCUT2D eigenvalue weighted by Crippen LogP contribution is -2.25. The first kappa shape index (κ1) is 18.9. The van der Waals surface area contributed by atoms with Crippen LogP contribution in [0.2, 0.25) is 0 Å². The zero-order valence-corrected chi connectivity index (χ0v) is 16.3. The molecule has 0 radical (unpaired) electrons. The minimum atomic E-state index is -0.342. The number of carbonyl (C=O) groups is 1. The molecule has 0 N–H and O–H groups in total. The summed E-state index contributed by atoms with van der Waals surface area (Å²) in [7, 11) is 3.13. The Hall–Kier alpha value is -3.42. The van der Waals surface area contributed by atoms with Gasteiger partial charge in [0.1, 0.15) is 17.3 Å². The number of rotatable bonds is 5. The Bertz CT molecular complexity index is 1040. The number of hydrogen-bond donors (Lipinski definition) is 0. The summed E-state index contributed by atoms with van der Waals surface area (Å²) < 4.78 is 29.9. The van der Waals surface area contributed by atoms with E-state index in [-0.39, 0.29) is 24.1 Å². The van der Waals surface area contributed by atoms with Crippen molar-refractivity contribution in [2.45, 2.75) is 19.3 Å². The van der Waals surface area contributed by atoms with E-state index < -0.39 is 0 Å². The van der Waals surface area contributed by atoms with Crippen LogP contribution in [0.1, 0.15) is 23.8 Å². The Morgan fingerprint density at radius 2 is 1.90 bits per heavy atom. The molecule has 0 bridgehead atoms. The normalized spacial score (nSPS) is 16.3. The summed E-state index contributed by atoms with van der Waals surface area (Å²) in [6.07, 6.45) is 0.221. The standard InChI is InChI=1S/C21H20FN3O4/c1-12-17(22)5-4-6-18(12)25-11-14(9-19(25)26)21-23-20(24-29-21)13-7-15(27-2)10-16(8-13)28-3/h4-8,10,14H,9,11H2,1-3H3. The number of aromatic nitrogens is 2. The molecule has 0 saturated carbocycles. The Balaban J connectivity index is 1.59. The topological polar surface area (TPSA) is 77.7 Å². The minimum absolute atomic E-state index is 0.105. The van der Waals surface area contributed by atoms with Crippen LogP contribution in [0.25, 0.3) is 11.4 Å². The number of carbonyl (C=O) groups excluding carboxylic acids is 1. The van der Waals surface area contributed by atoms with Crippen LogP contribution in [-0.4, -0.2) is 36.8 Å². The third-order valence-electron chi connectivity index (χ3n) is 5.06. The molecule has 29 heavy (non-hydrogen) atoms. The predicted molar refractivity (Wildman–Crippen MR) is 104 cm³/mol. The maximum atomic E-state index is 13.9. The Morgan fingerprint density at radius 1 is 1.17 bits per heavy atom. The lowest BCUT2D eigenvalue weighted by Gasteiger charge is -2.18. The molecular weight excluding hydrogens is 377 g/mol. The van der Waals surface area contributed by atoms with E-state index >= 15 is 0 Å². The van der Waals surface area contributed by atoms with E-state index in [9.17, 15) is 9.18 Å². The van der Waals surface area contributed by atoms with Crippen LogP contribution in [-0.2, 0) is 4.79 Å². The van der Waals surface area contributed by atoms with Crippen molar-refractivity contribution >= 4 is 11.6 Å². The molecule has 1 atom stereocenters. The Kier molecular flexibility index (Phi) is 4.92. The average molecular weight is 397 g/mol. The van der Waals surface area contributed by atoms with E-state index in [0.717, 1.165) is 0 Å². The van der Waals surface area contributed by atoms with Crippen LogP contribution in [0.4, 0.5) is 10.1 Å². The van der Waals surface area contributed by atoms with Gasteiger partial charge in [-0.2, -0.15) is 4.98 Å². The van der Waals surface area contributed by atoms with Crippen LogP contribution < -0.4 is 14.4 Å². The number of ether oxygens (including phenoxy) is 2. The molecule has 4 rings (SSSR count). The first-order valence-electron chi connectivity index (χ1n) is 9.12. The van der Waals surface area contributed by atoms with Gasteiger partial charge < -0.3 is 18.9 Å². The van der Waals surface area contributed by atoms with Gasteiger partial charge in [0, 0.05) is 35.8 Å². The van der Waals surface area contributed by atoms with Gasteiger partial charge in [-0.3, -0.25) is 4.79 Å². The summed E-state index contributed by atoms with van der Waals surface area (Å²) >= 11 is 0. The fourth-order valence-electron chi connectivity index (χ4n) is 3.45. The fourth-order valence-corrected chi connectivity index (χ4v) is 3.45. The molecule has 7 nitrogen and oxygen atoms in total. The zero-order valence-electron chi connectivity index (χ0n) is 16.3. The molecule has 150 valence electrons. The lowest BCUT2D eigenvalue weighted by atomic mass is 10.1. The third kappa shape index (κ3) is 3.53. The van der Waals surface area contributed by atoms with Crippen LogP contribution in [0, 0.1) is 12.7 Å². The highest BCUT2D eigenvalue weighted by Crippen LogP contribution is 2.35. The third-order valence-corrected chi connectivity index (χ3v) is 5.06. The quantitative estimate of drug-likeness (QED) is 0.653. The number of hydrogen-bond acceptors (Lipinski definition) is 6. The minimum Gasteiger partial charge on any atom is -0.497 e. The maximum absolute atomic E-state index is 13.9. The van der Waals surface area contributed by atoms with Crippen molar-refractivity contribution in [2.75, 3.05) is 25.7 Å². The molecule has 1 aliphatic rings. The molecule has 3 aromatic rings. The van der Waals surface area contributed by atoms with Gasteiger partial charge in [0.2, 0.25) is 17.6 Å². The summed E-state index contributed by atoms with van der Waals surface area (Å²) in [6.45, 7) is 2.01. The van der Waals surface area contributed by atoms with E-state index in [4.69, 9.17) is 14.0 Å². The van der Waals surface area contributed by atoms with Crippen LogP contribution >= 0.6 is 0 Å². The molecule has 1 aliphatic heterocycles. The van der Waals surface area contributed by atoms with E-state index in [0.29, 0.717) is 46.6 Å². The predicted octanol–water partition coefficient (Wildman–Crippen LogP) is 3.72.